The van der Waals surface area contributed by atoms with Gasteiger partial charge in [-0.1, -0.05) is 23.7 Å². The number of methoxy groups -OCH3 is 1. The van der Waals surface area contributed by atoms with Crippen LogP contribution in [0.15, 0.2) is 47.0 Å². The minimum Gasteiger partial charge on any atom is -0.469 e. The molecule has 1 unspecified atom stereocenters. The highest BCUT2D eigenvalue weighted by molar-refractivity contribution is 7.11. The normalized spacial score (nSPS) is 16.5. The van der Waals surface area contributed by atoms with Crippen molar-refractivity contribution < 1.29 is 28.0 Å². The number of aryl methyl sites for hydroxylation is 1. The zero-order chi connectivity index (χ0) is 27.5. The number of carbonyl (C=O) groups excluding carboxylic acids is 2. The Balaban J connectivity index is 1.32. The van der Waals surface area contributed by atoms with Gasteiger partial charge in [0.15, 0.2) is 17.5 Å². The Morgan fingerprint density at radius 3 is 2.92 bits per heavy atom. The number of nitrogens with one attached hydrogen (secondary N) is 1. The highest BCUT2D eigenvalue weighted by atomic mass is 35.5. The molecule has 2 atom stereocenters. The first-order valence-corrected chi connectivity index (χ1v) is 13.6. The molecule has 2 aromatic carbocycles. The quantitative estimate of drug-likeness (QED) is 0.218. The van der Waals surface area contributed by atoms with E-state index < -0.39 is 11.9 Å². The first kappa shape index (κ1) is 27.2. The van der Waals surface area contributed by atoms with Crippen LogP contribution in [0.4, 0.5) is 16.1 Å². The smallest absolute Gasteiger partial charge is 0.305 e. The summed E-state index contributed by atoms with van der Waals surface area (Å²) in [6.45, 7) is 1.90. The minimum absolute atomic E-state index is 0.0270. The van der Waals surface area contributed by atoms with E-state index in [9.17, 15) is 9.59 Å². The minimum atomic E-state index is -1.19. The van der Waals surface area contributed by atoms with Crippen molar-refractivity contribution >= 4 is 57.5 Å². The van der Waals surface area contributed by atoms with E-state index in [4.69, 9.17) is 25.6 Å². The van der Waals surface area contributed by atoms with E-state index in [0.717, 1.165) is 22.7 Å². The zero-order valence-electron chi connectivity index (χ0n) is 21.3. The van der Waals surface area contributed by atoms with Gasteiger partial charge in [0.25, 0.3) is 6.01 Å². The summed E-state index contributed by atoms with van der Waals surface area (Å²) in [5, 5.41) is 5.58. The van der Waals surface area contributed by atoms with Gasteiger partial charge in [-0.05, 0) is 50.5 Å². The summed E-state index contributed by atoms with van der Waals surface area (Å²) in [5.74, 6) is -1.31. The Hall–Kier alpha value is -3.38. The summed E-state index contributed by atoms with van der Waals surface area (Å²) in [5.41, 5.74) is 1.50. The number of thiazole rings is 1. The third kappa shape index (κ3) is 6.11. The molecule has 1 aliphatic rings. The van der Waals surface area contributed by atoms with Crippen LogP contribution in [-0.4, -0.2) is 40.4 Å². The van der Waals surface area contributed by atoms with Gasteiger partial charge in [0.05, 0.1) is 30.3 Å². The number of hydrogen-bond donors (Lipinski definition) is 1. The van der Waals surface area contributed by atoms with Crippen LogP contribution in [0.1, 0.15) is 53.8 Å². The average molecular weight is 573 g/mol. The second kappa shape index (κ2) is 11.8. The SMILES string of the molecule is COC(=O)CCc1cnc([C@@H]2CCCN2OC(C(C)=O)c2cc(Cl)c(Nc3nc4ccccc4o3)cc2F)s1. The number of oxazole rings is 1. The fourth-order valence-electron chi connectivity index (χ4n) is 4.42. The lowest BCUT2D eigenvalue weighted by Crippen LogP contribution is -2.29. The number of fused-ring (bicyclic) bond motifs is 1. The summed E-state index contributed by atoms with van der Waals surface area (Å²) in [6, 6.07) is 9.78. The van der Waals surface area contributed by atoms with E-state index in [0.29, 0.717) is 24.1 Å². The first-order valence-electron chi connectivity index (χ1n) is 12.4. The van der Waals surface area contributed by atoms with Gasteiger partial charge in [-0.2, -0.15) is 10.0 Å². The van der Waals surface area contributed by atoms with E-state index >= 15 is 4.39 Å². The number of ether oxygens (including phenoxy) is 1. The van der Waals surface area contributed by atoms with Crippen molar-refractivity contribution in [1.29, 1.82) is 0 Å². The molecule has 0 radical (unpaired) electrons. The van der Waals surface area contributed by atoms with E-state index in [1.807, 2.05) is 12.1 Å². The van der Waals surface area contributed by atoms with Gasteiger partial charge in [0, 0.05) is 23.2 Å². The van der Waals surface area contributed by atoms with Crippen LogP contribution < -0.4 is 5.32 Å². The molecule has 0 saturated carbocycles. The summed E-state index contributed by atoms with van der Waals surface area (Å²) in [6.07, 6.45) is 2.94. The zero-order valence-corrected chi connectivity index (χ0v) is 22.9. The fourth-order valence-corrected chi connectivity index (χ4v) is 5.69. The van der Waals surface area contributed by atoms with Crippen LogP contribution in [0.5, 0.6) is 0 Å². The van der Waals surface area contributed by atoms with Crippen LogP contribution in [0, 0.1) is 5.82 Å². The van der Waals surface area contributed by atoms with E-state index in [-0.39, 0.29) is 46.5 Å². The van der Waals surface area contributed by atoms with Crippen LogP contribution in [-0.2, 0) is 25.6 Å². The van der Waals surface area contributed by atoms with Gasteiger partial charge in [-0.15, -0.1) is 11.3 Å². The Morgan fingerprint density at radius 1 is 1.33 bits per heavy atom. The lowest BCUT2D eigenvalue weighted by Gasteiger charge is -2.27. The van der Waals surface area contributed by atoms with Crippen LogP contribution in [0.25, 0.3) is 11.1 Å². The molecule has 1 aliphatic heterocycles. The van der Waals surface area contributed by atoms with Gasteiger partial charge < -0.3 is 14.5 Å². The van der Waals surface area contributed by atoms with E-state index in [1.54, 1.807) is 23.4 Å². The van der Waals surface area contributed by atoms with Gasteiger partial charge >= 0.3 is 5.97 Å². The van der Waals surface area contributed by atoms with Gasteiger partial charge in [0.2, 0.25) is 0 Å². The second-order valence-corrected chi connectivity index (χ2v) is 10.7. The first-order chi connectivity index (χ1) is 18.8. The number of rotatable bonds is 10. The van der Waals surface area contributed by atoms with Crippen molar-refractivity contribution in [3.05, 3.63) is 68.9 Å². The Labute approximate surface area is 232 Å². The number of esters is 1. The van der Waals surface area contributed by atoms with Crippen molar-refractivity contribution in [2.24, 2.45) is 0 Å². The molecule has 4 aromatic rings. The number of halogens is 2. The van der Waals surface area contributed by atoms with Crippen LogP contribution in [0.2, 0.25) is 5.02 Å². The highest BCUT2D eigenvalue weighted by Gasteiger charge is 2.34. The lowest BCUT2D eigenvalue weighted by atomic mass is 10.1. The van der Waals surface area contributed by atoms with Gasteiger partial charge in [-0.3, -0.25) is 14.4 Å². The molecule has 1 fully saturated rings. The third-order valence-electron chi connectivity index (χ3n) is 6.38. The maximum atomic E-state index is 15.4. The molecule has 0 aliphatic carbocycles. The predicted octanol–water partition coefficient (Wildman–Crippen LogP) is 6.32. The number of nitrogens with zero attached hydrogens (tertiary/aromatic N) is 3. The molecular formula is C27H26ClFN4O5S. The van der Waals surface area contributed by atoms with Crippen molar-refractivity contribution in [2.75, 3.05) is 19.0 Å². The molecule has 0 spiro atoms. The third-order valence-corrected chi connectivity index (χ3v) is 7.85. The van der Waals surface area contributed by atoms with E-state index in [2.05, 4.69) is 15.3 Å². The molecule has 39 heavy (non-hydrogen) atoms. The number of para-hydroxylation sites is 2. The average Bonchev–Trinajstić information content (AvgIpc) is 3.66. The summed E-state index contributed by atoms with van der Waals surface area (Å²) in [4.78, 5) is 40.0. The Morgan fingerprint density at radius 2 is 2.15 bits per heavy atom. The van der Waals surface area contributed by atoms with Crippen LogP contribution >= 0.6 is 22.9 Å². The summed E-state index contributed by atoms with van der Waals surface area (Å²) < 4.78 is 25.7. The summed E-state index contributed by atoms with van der Waals surface area (Å²) in [7, 11) is 1.36. The molecule has 0 amide bonds. The molecular weight excluding hydrogens is 547 g/mol. The van der Waals surface area contributed by atoms with Crippen molar-refractivity contribution in [3.8, 4) is 0 Å². The molecule has 204 valence electrons. The topological polar surface area (TPSA) is 107 Å². The maximum Gasteiger partial charge on any atom is 0.305 e. The van der Waals surface area contributed by atoms with Crippen molar-refractivity contribution in [2.45, 2.75) is 44.8 Å². The predicted molar refractivity (Wildman–Crippen MR) is 144 cm³/mol. The number of hydrogen-bond acceptors (Lipinski definition) is 10. The molecule has 3 heterocycles. The molecule has 5 rings (SSSR count). The monoisotopic (exact) mass is 572 g/mol. The van der Waals surface area contributed by atoms with Gasteiger partial charge in [0.1, 0.15) is 16.3 Å². The number of hydroxylamine groups is 2. The maximum absolute atomic E-state index is 15.4. The number of anilines is 2. The van der Waals surface area contributed by atoms with Crippen molar-refractivity contribution in [3.63, 3.8) is 0 Å². The molecule has 9 nitrogen and oxygen atoms in total. The van der Waals surface area contributed by atoms with Crippen LogP contribution in [0.3, 0.4) is 0 Å². The lowest BCUT2D eigenvalue weighted by molar-refractivity contribution is -0.210. The number of benzene rings is 2. The summed E-state index contributed by atoms with van der Waals surface area (Å²) >= 11 is 7.97. The molecule has 1 N–H and O–H groups in total. The number of carbonyl (C=O) groups is 2. The Bertz CT molecular complexity index is 1480. The number of ketones is 1. The highest BCUT2D eigenvalue weighted by Crippen LogP contribution is 2.39. The van der Waals surface area contributed by atoms with Gasteiger partial charge in [-0.25, -0.2) is 9.37 Å². The van der Waals surface area contributed by atoms with E-state index in [1.165, 1.54) is 37.5 Å². The molecule has 0 bridgehead atoms. The number of aromatic nitrogens is 2. The molecule has 2 aromatic heterocycles. The second-order valence-electron chi connectivity index (χ2n) is 9.10. The Kier molecular flexibility index (Phi) is 8.22. The number of Topliss-reactive ketones (excluding diaryl/α,β-unsaturated/α-hetero) is 1. The fraction of sp³-hybridized carbons (Fsp3) is 0.333. The molecule has 12 heteroatoms. The molecule has 1 saturated heterocycles. The van der Waals surface area contributed by atoms with Crippen molar-refractivity contribution in [1.82, 2.24) is 15.0 Å². The largest absolute Gasteiger partial charge is 0.469 e. The standard InChI is InChI=1S/C27H26ClFN4O5S/c1-15(34)25(38-33-11-5-7-22(33)26-30-14-16(39-26)9-10-24(35)36-2)17-12-18(28)21(13-19(17)29)32-27-31-20-6-3-4-8-23(20)37-27/h3-4,6,8,12-14,22,25H,5,7,9-11H2,1-2H3,(H,31,32)/t22-,25?/m0/s1.